The molecule has 1 atom stereocenters. The number of benzene rings is 1. The fourth-order valence-corrected chi connectivity index (χ4v) is 3.42. The van der Waals surface area contributed by atoms with Crippen molar-refractivity contribution < 1.29 is 18.0 Å². The van der Waals surface area contributed by atoms with Crippen LogP contribution < -0.4 is 0 Å². The Balaban J connectivity index is 1.55. The molecule has 2 aromatic heterocycles. The molecular formula is C19H17F3N4O. The van der Waals surface area contributed by atoms with Crippen LogP contribution in [0, 0.1) is 0 Å². The molecule has 1 fully saturated rings. The Kier molecular flexibility index (Phi) is 4.33. The lowest BCUT2D eigenvalue weighted by Crippen LogP contribution is -2.39. The van der Waals surface area contributed by atoms with Crippen molar-refractivity contribution in [3.63, 3.8) is 0 Å². The number of piperidine rings is 1. The number of hydrogen-bond donors (Lipinski definition) is 1. The number of alkyl halides is 3. The summed E-state index contributed by atoms with van der Waals surface area (Å²) in [4.78, 5) is 25.6. The van der Waals surface area contributed by atoms with Gasteiger partial charge in [0.2, 0.25) is 0 Å². The van der Waals surface area contributed by atoms with Gasteiger partial charge in [-0.25, -0.2) is 9.97 Å². The first-order chi connectivity index (χ1) is 12.9. The molecule has 1 aliphatic rings. The minimum Gasteiger partial charge on any atom is -0.342 e. The number of H-pyrrole nitrogens is 1. The van der Waals surface area contributed by atoms with Gasteiger partial charge in [-0.15, -0.1) is 0 Å². The van der Waals surface area contributed by atoms with Crippen LogP contribution >= 0.6 is 0 Å². The number of likely N-dealkylation sites (tertiary alicyclic amines) is 1. The number of nitrogens with one attached hydrogen (secondary N) is 1. The minimum atomic E-state index is -4.57. The second-order valence-electron chi connectivity index (χ2n) is 6.64. The van der Waals surface area contributed by atoms with Crippen molar-refractivity contribution in [2.24, 2.45) is 0 Å². The third kappa shape index (κ3) is 3.51. The van der Waals surface area contributed by atoms with Crippen LogP contribution in [0.2, 0.25) is 0 Å². The van der Waals surface area contributed by atoms with Crippen molar-refractivity contribution >= 4 is 16.9 Å². The van der Waals surface area contributed by atoms with Crippen molar-refractivity contribution in [3.05, 3.63) is 59.7 Å². The summed E-state index contributed by atoms with van der Waals surface area (Å²) in [6.07, 6.45) is -2.96. The Morgan fingerprint density at radius 1 is 1.11 bits per heavy atom. The van der Waals surface area contributed by atoms with Crippen LogP contribution in [0.3, 0.4) is 0 Å². The Hall–Kier alpha value is -2.90. The average molecular weight is 374 g/mol. The predicted octanol–water partition coefficient (Wildman–Crippen LogP) is 4.00. The number of aromatic amines is 1. The van der Waals surface area contributed by atoms with Gasteiger partial charge in [-0.2, -0.15) is 13.2 Å². The van der Waals surface area contributed by atoms with Crippen molar-refractivity contribution in [3.8, 4) is 0 Å². The molecule has 1 aromatic carbocycles. The van der Waals surface area contributed by atoms with Crippen LogP contribution in [0.4, 0.5) is 13.2 Å². The van der Waals surface area contributed by atoms with E-state index in [1.54, 1.807) is 4.90 Å². The van der Waals surface area contributed by atoms with Crippen LogP contribution in [0.25, 0.3) is 11.0 Å². The van der Waals surface area contributed by atoms with E-state index < -0.39 is 17.8 Å². The fraction of sp³-hybridized carbons (Fsp3) is 0.316. The number of pyridine rings is 1. The molecule has 5 nitrogen and oxygen atoms in total. The number of hydrogen-bond acceptors (Lipinski definition) is 3. The summed E-state index contributed by atoms with van der Waals surface area (Å²) in [7, 11) is 0. The monoisotopic (exact) mass is 374 g/mol. The van der Waals surface area contributed by atoms with Gasteiger partial charge < -0.3 is 9.88 Å². The molecule has 1 N–H and O–H groups in total. The number of fused-ring (bicyclic) bond motifs is 1. The molecule has 27 heavy (non-hydrogen) atoms. The lowest BCUT2D eigenvalue weighted by Gasteiger charge is -2.31. The molecule has 0 bridgehead atoms. The van der Waals surface area contributed by atoms with Crippen LogP contribution in [0.5, 0.6) is 0 Å². The second-order valence-corrected chi connectivity index (χ2v) is 6.64. The fourth-order valence-electron chi connectivity index (χ4n) is 3.42. The maximum Gasteiger partial charge on any atom is 0.433 e. The van der Waals surface area contributed by atoms with E-state index in [1.807, 2.05) is 24.3 Å². The lowest BCUT2D eigenvalue weighted by atomic mass is 9.97. The second kappa shape index (κ2) is 6.68. The normalized spacial score (nSPS) is 18.0. The number of carbonyl (C=O) groups excluding carboxylic acids is 1. The molecule has 3 heterocycles. The van der Waals surface area contributed by atoms with Gasteiger partial charge in [0.25, 0.3) is 5.91 Å². The number of amides is 1. The highest BCUT2D eigenvalue weighted by Gasteiger charge is 2.34. The topological polar surface area (TPSA) is 61.9 Å². The first kappa shape index (κ1) is 17.5. The van der Waals surface area contributed by atoms with E-state index in [9.17, 15) is 18.0 Å². The van der Waals surface area contributed by atoms with Gasteiger partial charge >= 0.3 is 6.18 Å². The standard InChI is InChI=1S/C19H17F3N4O/c20-19(21,22)16-9-3-8-15(23-16)18(27)26-10-4-5-12(11-26)17-24-13-6-1-2-7-14(13)25-17/h1-3,6-9,12H,4-5,10-11H2,(H,24,25). The average Bonchev–Trinajstić information content (AvgIpc) is 3.11. The molecule has 1 saturated heterocycles. The Morgan fingerprint density at radius 3 is 2.70 bits per heavy atom. The van der Waals surface area contributed by atoms with Crippen molar-refractivity contribution in [2.45, 2.75) is 24.9 Å². The van der Waals surface area contributed by atoms with Gasteiger partial charge in [-0.05, 0) is 37.1 Å². The Bertz CT molecular complexity index is 949. The van der Waals surface area contributed by atoms with Crippen LogP contribution in [0.1, 0.15) is 40.8 Å². The summed E-state index contributed by atoms with van der Waals surface area (Å²) < 4.78 is 38.6. The van der Waals surface area contributed by atoms with E-state index >= 15 is 0 Å². The molecule has 1 aliphatic heterocycles. The Labute approximate surface area is 153 Å². The van der Waals surface area contributed by atoms with E-state index in [1.165, 1.54) is 12.1 Å². The van der Waals surface area contributed by atoms with Crippen molar-refractivity contribution in [2.75, 3.05) is 13.1 Å². The predicted molar refractivity (Wildman–Crippen MR) is 93.2 cm³/mol. The van der Waals surface area contributed by atoms with Gasteiger partial charge in [0.05, 0.1) is 11.0 Å². The highest BCUT2D eigenvalue weighted by Crippen LogP contribution is 2.29. The number of imidazole rings is 1. The number of para-hydroxylation sites is 2. The summed E-state index contributed by atoms with van der Waals surface area (Å²) in [6.45, 7) is 0.893. The van der Waals surface area contributed by atoms with Gasteiger partial charge in [-0.3, -0.25) is 4.79 Å². The quantitative estimate of drug-likeness (QED) is 0.738. The number of nitrogens with zero attached hydrogens (tertiary/aromatic N) is 3. The summed E-state index contributed by atoms with van der Waals surface area (Å²) in [5, 5.41) is 0. The molecule has 3 aromatic rings. The largest absolute Gasteiger partial charge is 0.433 e. The number of aromatic nitrogens is 3. The number of rotatable bonds is 2. The molecule has 0 spiro atoms. The van der Waals surface area contributed by atoms with Crippen molar-refractivity contribution in [1.82, 2.24) is 19.9 Å². The minimum absolute atomic E-state index is 0.0147. The maximum absolute atomic E-state index is 12.9. The Morgan fingerprint density at radius 2 is 1.93 bits per heavy atom. The lowest BCUT2D eigenvalue weighted by molar-refractivity contribution is -0.141. The molecule has 4 rings (SSSR count). The summed E-state index contributed by atoms with van der Waals surface area (Å²) >= 11 is 0. The molecule has 1 unspecified atom stereocenters. The SMILES string of the molecule is O=C(c1cccc(C(F)(F)F)n1)N1CCCC(c2nc3ccccc3[nH]2)C1. The van der Waals surface area contributed by atoms with Crippen LogP contribution in [-0.4, -0.2) is 38.8 Å². The first-order valence-electron chi connectivity index (χ1n) is 8.70. The van der Waals surface area contributed by atoms with Gasteiger partial charge in [-0.1, -0.05) is 18.2 Å². The van der Waals surface area contributed by atoms with Gasteiger partial charge in [0, 0.05) is 19.0 Å². The highest BCUT2D eigenvalue weighted by molar-refractivity contribution is 5.92. The zero-order valence-corrected chi connectivity index (χ0v) is 14.3. The van der Waals surface area contributed by atoms with Crippen LogP contribution in [0.15, 0.2) is 42.5 Å². The number of halogens is 3. The maximum atomic E-state index is 12.9. The zero-order chi connectivity index (χ0) is 19.0. The molecule has 0 radical (unpaired) electrons. The first-order valence-corrected chi connectivity index (χ1v) is 8.70. The zero-order valence-electron chi connectivity index (χ0n) is 14.3. The highest BCUT2D eigenvalue weighted by atomic mass is 19.4. The smallest absolute Gasteiger partial charge is 0.342 e. The molecule has 140 valence electrons. The van der Waals surface area contributed by atoms with E-state index in [4.69, 9.17) is 0 Å². The van der Waals surface area contributed by atoms with E-state index in [0.29, 0.717) is 13.1 Å². The third-order valence-electron chi connectivity index (χ3n) is 4.76. The molecule has 8 heteroatoms. The molecule has 0 aliphatic carbocycles. The molecule has 0 saturated carbocycles. The van der Waals surface area contributed by atoms with Crippen molar-refractivity contribution in [1.29, 1.82) is 0 Å². The molecular weight excluding hydrogens is 357 g/mol. The summed E-state index contributed by atoms with van der Waals surface area (Å²) in [6, 6.07) is 11.1. The van der Waals surface area contributed by atoms with Crippen LogP contribution in [-0.2, 0) is 6.18 Å². The summed E-state index contributed by atoms with van der Waals surface area (Å²) in [5.41, 5.74) is 0.542. The number of carbonyl (C=O) groups is 1. The van der Waals surface area contributed by atoms with E-state index in [0.717, 1.165) is 35.8 Å². The van der Waals surface area contributed by atoms with E-state index in [2.05, 4.69) is 15.0 Å². The van der Waals surface area contributed by atoms with E-state index in [-0.39, 0.29) is 11.6 Å². The molecule has 1 amide bonds. The van der Waals surface area contributed by atoms with Gasteiger partial charge in [0.15, 0.2) is 0 Å². The van der Waals surface area contributed by atoms with Gasteiger partial charge in [0.1, 0.15) is 17.2 Å². The third-order valence-corrected chi connectivity index (χ3v) is 4.76. The summed E-state index contributed by atoms with van der Waals surface area (Å²) in [5.74, 6) is 0.327.